The number of aromatic amines is 1. The first-order valence-corrected chi connectivity index (χ1v) is 11.0. The second-order valence-electron chi connectivity index (χ2n) is 8.53. The van der Waals surface area contributed by atoms with Gasteiger partial charge in [0.1, 0.15) is 24.1 Å². The monoisotopic (exact) mass is 441 g/mol. The van der Waals surface area contributed by atoms with Crippen molar-refractivity contribution < 1.29 is 18.7 Å². The Labute approximate surface area is 190 Å². The molecule has 2 aromatic carbocycles. The zero-order chi connectivity index (χ0) is 22.5. The van der Waals surface area contributed by atoms with Gasteiger partial charge in [-0.25, -0.2) is 0 Å². The Morgan fingerprint density at radius 3 is 2.64 bits per heavy atom. The lowest BCUT2D eigenvalue weighted by atomic mass is 9.86. The minimum atomic E-state index is -0.569. The molecule has 0 radical (unpaired) electrons. The Bertz CT molecular complexity index is 1340. The summed E-state index contributed by atoms with van der Waals surface area (Å²) in [5.74, 6) is 1.28. The van der Waals surface area contributed by atoms with E-state index in [2.05, 4.69) is 11.1 Å². The zero-order valence-corrected chi connectivity index (χ0v) is 18.2. The fourth-order valence-corrected chi connectivity index (χ4v) is 5.18. The molecule has 1 unspecified atom stereocenters. The van der Waals surface area contributed by atoms with Gasteiger partial charge in [-0.3, -0.25) is 9.59 Å². The molecule has 6 rings (SSSR count). The average Bonchev–Trinajstić information content (AvgIpc) is 3.49. The summed E-state index contributed by atoms with van der Waals surface area (Å²) in [4.78, 5) is 34.1. The van der Waals surface area contributed by atoms with E-state index in [0.29, 0.717) is 12.2 Å². The summed E-state index contributed by atoms with van der Waals surface area (Å²) in [6.45, 7) is 0.314. The number of nitrogens with one attached hydrogen (secondary N) is 1. The predicted molar refractivity (Wildman–Crippen MR) is 122 cm³/mol. The van der Waals surface area contributed by atoms with Crippen molar-refractivity contribution in [2.24, 2.45) is 0 Å². The normalized spacial score (nSPS) is 20.2. The van der Waals surface area contributed by atoms with Crippen molar-refractivity contribution in [2.45, 2.75) is 25.0 Å². The van der Waals surface area contributed by atoms with E-state index in [1.807, 2.05) is 48.5 Å². The van der Waals surface area contributed by atoms with Crippen LogP contribution in [0.1, 0.15) is 28.6 Å². The lowest BCUT2D eigenvalue weighted by Crippen LogP contribution is -2.62. The third kappa shape index (κ3) is 3.11. The van der Waals surface area contributed by atoms with Gasteiger partial charge in [0, 0.05) is 23.0 Å². The number of fused-ring (bicyclic) bond motifs is 4. The van der Waals surface area contributed by atoms with E-state index in [0.717, 1.165) is 33.5 Å². The number of carbonyl (C=O) groups is 2. The van der Waals surface area contributed by atoms with Crippen molar-refractivity contribution in [3.05, 3.63) is 89.5 Å². The molecule has 7 nitrogen and oxygen atoms in total. The summed E-state index contributed by atoms with van der Waals surface area (Å²) in [6, 6.07) is 18.5. The number of nitrogens with zero attached hydrogens (tertiary/aromatic N) is 2. The fourth-order valence-electron chi connectivity index (χ4n) is 5.18. The lowest BCUT2D eigenvalue weighted by Gasteiger charge is -2.47. The number of para-hydroxylation sites is 1. The summed E-state index contributed by atoms with van der Waals surface area (Å²) < 4.78 is 10.8. The number of ether oxygens (including phenoxy) is 1. The molecule has 0 bridgehead atoms. The van der Waals surface area contributed by atoms with E-state index in [1.165, 1.54) is 0 Å². The molecule has 0 aliphatic carbocycles. The van der Waals surface area contributed by atoms with Crippen molar-refractivity contribution >= 4 is 22.7 Å². The van der Waals surface area contributed by atoms with Gasteiger partial charge in [0.15, 0.2) is 0 Å². The summed E-state index contributed by atoms with van der Waals surface area (Å²) in [6.07, 6.45) is 2.06. The molecule has 1 N–H and O–H groups in total. The van der Waals surface area contributed by atoms with Gasteiger partial charge in [0.05, 0.1) is 26.0 Å². The molecule has 1 saturated heterocycles. The van der Waals surface area contributed by atoms with E-state index < -0.39 is 6.04 Å². The van der Waals surface area contributed by atoms with Gasteiger partial charge < -0.3 is 23.9 Å². The molecule has 4 aromatic rings. The van der Waals surface area contributed by atoms with Crippen molar-refractivity contribution in [1.82, 2.24) is 14.8 Å². The summed E-state index contributed by atoms with van der Waals surface area (Å²) >= 11 is 0. The Kier molecular flexibility index (Phi) is 4.50. The number of benzene rings is 2. The maximum Gasteiger partial charge on any atom is 0.246 e. The Morgan fingerprint density at radius 2 is 1.88 bits per heavy atom. The van der Waals surface area contributed by atoms with E-state index in [9.17, 15) is 9.59 Å². The van der Waals surface area contributed by atoms with Crippen LogP contribution in [0, 0.1) is 0 Å². The van der Waals surface area contributed by atoms with Crippen LogP contribution in [0.25, 0.3) is 10.9 Å². The Morgan fingerprint density at radius 1 is 1.06 bits per heavy atom. The highest BCUT2D eigenvalue weighted by molar-refractivity contribution is 5.97. The van der Waals surface area contributed by atoms with Crippen molar-refractivity contribution in [1.29, 1.82) is 0 Å². The minimum Gasteiger partial charge on any atom is -0.497 e. The molecular weight excluding hydrogens is 418 g/mol. The Balaban J connectivity index is 1.47. The van der Waals surface area contributed by atoms with Crippen molar-refractivity contribution in [3.8, 4) is 5.75 Å². The second kappa shape index (κ2) is 7.55. The van der Waals surface area contributed by atoms with Crippen molar-refractivity contribution in [3.63, 3.8) is 0 Å². The molecule has 33 heavy (non-hydrogen) atoms. The number of amides is 2. The maximum absolute atomic E-state index is 13.6. The van der Waals surface area contributed by atoms with Crippen molar-refractivity contribution in [2.75, 3.05) is 13.7 Å². The molecule has 2 aliphatic rings. The third-order valence-electron chi connectivity index (χ3n) is 6.70. The standard InChI is InChI=1S/C26H23N3O4/c1-32-17-10-8-16(9-11-17)25-24-20(19-6-2-3-7-21(19)27-24)13-22-26(31)28(15-23(30)29(22)25)14-18-5-4-12-33-18/h2-12,22,25,27H,13-15H2,1H3/t22-,25?/m1/s1. The first kappa shape index (κ1) is 19.7. The van der Waals surface area contributed by atoms with Crippen LogP contribution in [0.15, 0.2) is 71.3 Å². The van der Waals surface area contributed by atoms with Gasteiger partial charge in [0.2, 0.25) is 11.8 Å². The molecule has 1 fully saturated rings. The molecule has 2 amide bonds. The summed E-state index contributed by atoms with van der Waals surface area (Å²) in [7, 11) is 1.63. The van der Waals surface area contributed by atoms with Crippen LogP contribution in [-0.2, 0) is 22.6 Å². The number of carbonyl (C=O) groups excluding carboxylic acids is 2. The number of hydrogen-bond acceptors (Lipinski definition) is 4. The quantitative estimate of drug-likeness (QED) is 0.524. The second-order valence-corrected chi connectivity index (χ2v) is 8.53. The molecule has 2 atom stereocenters. The molecule has 4 heterocycles. The number of methoxy groups -OCH3 is 1. The predicted octanol–water partition coefficient (Wildman–Crippen LogP) is 3.65. The van der Waals surface area contributed by atoms with Gasteiger partial charge in [0.25, 0.3) is 0 Å². The average molecular weight is 441 g/mol. The fraction of sp³-hybridized carbons (Fsp3) is 0.231. The van der Waals surface area contributed by atoms with Gasteiger partial charge in [-0.1, -0.05) is 30.3 Å². The highest BCUT2D eigenvalue weighted by Crippen LogP contribution is 2.42. The van der Waals surface area contributed by atoms with Gasteiger partial charge in [-0.2, -0.15) is 0 Å². The number of aromatic nitrogens is 1. The van der Waals surface area contributed by atoms with E-state index in [4.69, 9.17) is 9.15 Å². The topological polar surface area (TPSA) is 78.8 Å². The van der Waals surface area contributed by atoms with Crippen LogP contribution in [0.2, 0.25) is 0 Å². The highest BCUT2D eigenvalue weighted by Gasteiger charge is 2.48. The third-order valence-corrected chi connectivity index (χ3v) is 6.70. The molecule has 2 aliphatic heterocycles. The number of rotatable bonds is 4. The van der Waals surface area contributed by atoms with Crippen LogP contribution < -0.4 is 4.74 Å². The van der Waals surface area contributed by atoms with E-state index >= 15 is 0 Å². The largest absolute Gasteiger partial charge is 0.497 e. The number of H-pyrrole nitrogens is 1. The van der Waals surface area contributed by atoms with Crippen LogP contribution in [0.4, 0.5) is 0 Å². The zero-order valence-electron chi connectivity index (χ0n) is 18.2. The first-order chi connectivity index (χ1) is 16.1. The van der Waals surface area contributed by atoms with Crippen LogP contribution in [-0.4, -0.2) is 46.3 Å². The summed E-state index contributed by atoms with van der Waals surface area (Å²) in [5, 5.41) is 1.09. The molecule has 0 saturated carbocycles. The van der Waals surface area contributed by atoms with Crippen LogP contribution in [0.3, 0.4) is 0 Å². The first-order valence-electron chi connectivity index (χ1n) is 11.0. The van der Waals surface area contributed by atoms with E-state index in [1.54, 1.807) is 29.2 Å². The number of piperazine rings is 1. The molecule has 2 aromatic heterocycles. The highest BCUT2D eigenvalue weighted by atomic mass is 16.5. The van der Waals surface area contributed by atoms with Gasteiger partial charge in [-0.15, -0.1) is 0 Å². The smallest absolute Gasteiger partial charge is 0.246 e. The molecule has 7 heteroatoms. The SMILES string of the molecule is COc1ccc(C2c3[nH]c4ccccc4c3C[C@@H]3C(=O)N(Cc4ccco4)CC(=O)N23)cc1. The molecule has 166 valence electrons. The van der Waals surface area contributed by atoms with E-state index in [-0.39, 0.29) is 30.9 Å². The lowest BCUT2D eigenvalue weighted by molar-refractivity contribution is -0.159. The summed E-state index contributed by atoms with van der Waals surface area (Å²) in [5.41, 5.74) is 4.01. The maximum atomic E-state index is 13.6. The van der Waals surface area contributed by atoms with Gasteiger partial charge >= 0.3 is 0 Å². The number of hydrogen-bond donors (Lipinski definition) is 1. The number of furan rings is 1. The Hall–Kier alpha value is -4.00. The molecular formula is C26H23N3O4. The van der Waals surface area contributed by atoms with Crippen LogP contribution >= 0.6 is 0 Å². The minimum absolute atomic E-state index is 0.0260. The molecule has 0 spiro atoms. The van der Waals surface area contributed by atoms with Gasteiger partial charge in [-0.05, 0) is 41.5 Å². The van der Waals surface area contributed by atoms with Crippen LogP contribution in [0.5, 0.6) is 5.75 Å².